The van der Waals surface area contributed by atoms with Crippen LogP contribution in [0.1, 0.15) is 0 Å². The molecule has 0 unspecified atom stereocenters. The molecular formula is C10H8N2. The van der Waals surface area contributed by atoms with E-state index < -0.39 is 0 Å². The van der Waals surface area contributed by atoms with Crippen molar-refractivity contribution in [3.05, 3.63) is 36.7 Å². The van der Waals surface area contributed by atoms with Gasteiger partial charge in [-0.25, -0.2) is 0 Å². The largest absolute Gasteiger partial charge is 0.253 e. The van der Waals surface area contributed by atoms with Gasteiger partial charge in [-0.2, -0.15) is 0 Å². The maximum absolute atomic E-state index is 4.12. The van der Waals surface area contributed by atoms with Gasteiger partial charge in [0.25, 0.3) is 0 Å². The SMILES string of the molecule is C#C.c1ccc2nccnc2c1. The van der Waals surface area contributed by atoms with E-state index >= 15 is 0 Å². The van der Waals surface area contributed by atoms with E-state index in [9.17, 15) is 0 Å². The maximum Gasteiger partial charge on any atom is 0.0886 e. The number of aromatic nitrogens is 2. The summed E-state index contributed by atoms with van der Waals surface area (Å²) in [5.74, 6) is 0. The van der Waals surface area contributed by atoms with Crippen molar-refractivity contribution in [2.45, 2.75) is 0 Å². The number of terminal acetylenes is 1. The van der Waals surface area contributed by atoms with Gasteiger partial charge in [-0.1, -0.05) is 12.1 Å². The predicted octanol–water partition coefficient (Wildman–Crippen LogP) is 1.88. The molecule has 0 fully saturated rings. The third-order valence-electron chi connectivity index (χ3n) is 1.38. The van der Waals surface area contributed by atoms with Crippen LogP contribution in [-0.2, 0) is 0 Å². The third-order valence-corrected chi connectivity index (χ3v) is 1.38. The van der Waals surface area contributed by atoms with Crippen LogP contribution >= 0.6 is 0 Å². The molecule has 58 valence electrons. The first-order chi connectivity index (χ1) is 5.97. The summed E-state index contributed by atoms with van der Waals surface area (Å²) < 4.78 is 0. The highest BCUT2D eigenvalue weighted by molar-refractivity contribution is 5.72. The fourth-order valence-electron chi connectivity index (χ4n) is 0.910. The van der Waals surface area contributed by atoms with E-state index in [1.54, 1.807) is 12.4 Å². The van der Waals surface area contributed by atoms with Gasteiger partial charge >= 0.3 is 0 Å². The molecule has 0 aliphatic heterocycles. The number of fused-ring (bicyclic) bond motifs is 1. The summed E-state index contributed by atoms with van der Waals surface area (Å²) in [5, 5.41) is 0. The van der Waals surface area contributed by atoms with E-state index in [0.717, 1.165) is 11.0 Å². The molecule has 2 aromatic rings. The van der Waals surface area contributed by atoms with Gasteiger partial charge in [-0.05, 0) is 12.1 Å². The lowest BCUT2D eigenvalue weighted by molar-refractivity contribution is 1.29. The Labute approximate surface area is 71.3 Å². The van der Waals surface area contributed by atoms with Crippen LogP contribution in [-0.4, -0.2) is 9.97 Å². The van der Waals surface area contributed by atoms with Gasteiger partial charge in [-0.15, -0.1) is 12.8 Å². The van der Waals surface area contributed by atoms with Gasteiger partial charge in [0.05, 0.1) is 11.0 Å². The van der Waals surface area contributed by atoms with E-state index in [0.29, 0.717) is 0 Å². The molecule has 2 rings (SSSR count). The molecule has 1 heterocycles. The molecule has 0 radical (unpaired) electrons. The van der Waals surface area contributed by atoms with Crippen molar-refractivity contribution in [3.63, 3.8) is 0 Å². The van der Waals surface area contributed by atoms with Crippen molar-refractivity contribution in [2.24, 2.45) is 0 Å². The zero-order valence-corrected chi connectivity index (χ0v) is 6.51. The Morgan fingerprint density at radius 2 is 1.25 bits per heavy atom. The van der Waals surface area contributed by atoms with E-state index in [1.807, 2.05) is 24.3 Å². The fraction of sp³-hybridized carbons (Fsp3) is 0. The van der Waals surface area contributed by atoms with Crippen molar-refractivity contribution in [3.8, 4) is 12.8 Å². The molecule has 0 aliphatic rings. The van der Waals surface area contributed by atoms with Crippen LogP contribution in [0.4, 0.5) is 0 Å². The highest BCUT2D eigenvalue weighted by Gasteiger charge is 1.88. The summed E-state index contributed by atoms with van der Waals surface area (Å²) in [6.07, 6.45) is 11.4. The Bertz CT molecular complexity index is 314. The minimum atomic E-state index is 0.949. The van der Waals surface area contributed by atoms with Crippen LogP contribution in [0.3, 0.4) is 0 Å². The number of hydrogen-bond acceptors (Lipinski definition) is 2. The lowest BCUT2D eigenvalue weighted by atomic mass is 10.3. The number of hydrogen-bond donors (Lipinski definition) is 0. The molecule has 0 aliphatic carbocycles. The molecule has 1 aromatic carbocycles. The molecule has 2 nitrogen and oxygen atoms in total. The number of nitrogens with zero attached hydrogens (tertiary/aromatic N) is 2. The quantitative estimate of drug-likeness (QED) is 0.544. The van der Waals surface area contributed by atoms with Crippen molar-refractivity contribution < 1.29 is 0 Å². The minimum Gasteiger partial charge on any atom is -0.253 e. The molecular weight excluding hydrogens is 148 g/mol. The average molecular weight is 156 g/mol. The summed E-state index contributed by atoms with van der Waals surface area (Å²) in [6, 6.07) is 7.80. The smallest absolute Gasteiger partial charge is 0.0886 e. The van der Waals surface area contributed by atoms with Crippen molar-refractivity contribution in [1.82, 2.24) is 9.97 Å². The van der Waals surface area contributed by atoms with Gasteiger partial charge in [0.2, 0.25) is 0 Å². The third kappa shape index (κ3) is 1.58. The average Bonchev–Trinajstić information content (AvgIpc) is 2.21. The molecule has 0 saturated carbocycles. The molecule has 0 amide bonds. The topological polar surface area (TPSA) is 25.8 Å². The van der Waals surface area contributed by atoms with Crippen LogP contribution in [0.25, 0.3) is 11.0 Å². The Balaban J connectivity index is 0.000000336. The zero-order valence-electron chi connectivity index (χ0n) is 6.51. The zero-order chi connectivity index (χ0) is 8.81. The monoisotopic (exact) mass is 156 g/mol. The first-order valence-corrected chi connectivity index (χ1v) is 3.46. The standard InChI is InChI=1S/C8H6N2.C2H2/c1-2-4-8-7(3-1)9-5-6-10-8;1-2/h1-6H;1-2H. The van der Waals surface area contributed by atoms with Crippen LogP contribution in [0.5, 0.6) is 0 Å². The first kappa shape index (κ1) is 8.22. The van der Waals surface area contributed by atoms with Crippen molar-refractivity contribution in [1.29, 1.82) is 0 Å². The Hall–Kier alpha value is -1.88. The minimum absolute atomic E-state index is 0.949. The van der Waals surface area contributed by atoms with Gasteiger partial charge in [-0.3, -0.25) is 9.97 Å². The van der Waals surface area contributed by atoms with E-state index in [2.05, 4.69) is 22.8 Å². The lowest BCUT2D eigenvalue weighted by Gasteiger charge is -1.90. The second-order valence-corrected chi connectivity index (χ2v) is 2.05. The Morgan fingerprint density at radius 3 is 1.67 bits per heavy atom. The fourth-order valence-corrected chi connectivity index (χ4v) is 0.910. The van der Waals surface area contributed by atoms with Gasteiger partial charge in [0.1, 0.15) is 0 Å². The molecule has 1 aromatic heterocycles. The van der Waals surface area contributed by atoms with E-state index in [-0.39, 0.29) is 0 Å². The number of para-hydroxylation sites is 2. The molecule has 12 heavy (non-hydrogen) atoms. The second kappa shape index (κ2) is 4.09. The number of benzene rings is 1. The summed E-state index contributed by atoms with van der Waals surface area (Å²) >= 11 is 0. The summed E-state index contributed by atoms with van der Waals surface area (Å²) in [6.45, 7) is 0. The van der Waals surface area contributed by atoms with Gasteiger partial charge in [0.15, 0.2) is 0 Å². The van der Waals surface area contributed by atoms with E-state index in [1.165, 1.54) is 0 Å². The van der Waals surface area contributed by atoms with Crippen LogP contribution in [0, 0.1) is 12.8 Å². The molecule has 0 saturated heterocycles. The summed E-state index contributed by atoms with van der Waals surface area (Å²) in [4.78, 5) is 8.24. The van der Waals surface area contributed by atoms with Crippen LogP contribution in [0.2, 0.25) is 0 Å². The maximum atomic E-state index is 4.12. The van der Waals surface area contributed by atoms with Gasteiger partial charge in [0, 0.05) is 12.4 Å². The van der Waals surface area contributed by atoms with Crippen molar-refractivity contribution in [2.75, 3.05) is 0 Å². The highest BCUT2D eigenvalue weighted by atomic mass is 14.8. The van der Waals surface area contributed by atoms with Crippen molar-refractivity contribution >= 4 is 11.0 Å². The summed E-state index contributed by atoms with van der Waals surface area (Å²) in [5.41, 5.74) is 1.90. The predicted molar refractivity (Wildman–Crippen MR) is 49.4 cm³/mol. The van der Waals surface area contributed by atoms with Crippen LogP contribution in [0.15, 0.2) is 36.7 Å². The van der Waals surface area contributed by atoms with Crippen LogP contribution < -0.4 is 0 Å². The number of rotatable bonds is 0. The first-order valence-electron chi connectivity index (χ1n) is 3.46. The normalized spacial score (nSPS) is 8.50. The Morgan fingerprint density at radius 1 is 0.833 bits per heavy atom. The van der Waals surface area contributed by atoms with Gasteiger partial charge < -0.3 is 0 Å². The highest BCUT2D eigenvalue weighted by Crippen LogP contribution is 2.04. The molecule has 0 atom stereocenters. The lowest BCUT2D eigenvalue weighted by Crippen LogP contribution is -1.78. The molecule has 2 heteroatoms. The molecule has 0 spiro atoms. The second-order valence-electron chi connectivity index (χ2n) is 2.05. The Kier molecular flexibility index (Phi) is 2.80. The molecule has 0 N–H and O–H groups in total. The molecule has 0 bridgehead atoms. The summed E-state index contributed by atoms with van der Waals surface area (Å²) in [7, 11) is 0. The van der Waals surface area contributed by atoms with E-state index in [4.69, 9.17) is 0 Å².